The van der Waals surface area contributed by atoms with E-state index in [1.54, 1.807) is 0 Å². The van der Waals surface area contributed by atoms with Gasteiger partial charge in [-0.1, -0.05) is 37.3 Å². The van der Waals surface area contributed by atoms with Crippen molar-refractivity contribution >= 4 is 11.5 Å². The minimum absolute atomic E-state index is 0.476. The predicted octanol–water partition coefficient (Wildman–Crippen LogP) is 2.68. The molecule has 4 rings (SSSR count). The molecule has 1 aliphatic heterocycles. The molecule has 0 bridgehead atoms. The van der Waals surface area contributed by atoms with Gasteiger partial charge in [-0.2, -0.15) is 0 Å². The summed E-state index contributed by atoms with van der Waals surface area (Å²) in [5.41, 5.74) is 2.09. The van der Waals surface area contributed by atoms with Crippen LogP contribution in [0.4, 0.5) is 5.82 Å². The molecule has 1 aliphatic rings. The number of fused-ring (bicyclic) bond motifs is 1. The largest absolute Gasteiger partial charge is 0.352 e. The fourth-order valence-electron chi connectivity index (χ4n) is 3.72. The van der Waals surface area contributed by atoms with Crippen LogP contribution in [0.5, 0.6) is 0 Å². The van der Waals surface area contributed by atoms with Crippen LogP contribution in [0.1, 0.15) is 37.7 Å². The van der Waals surface area contributed by atoms with Crippen molar-refractivity contribution < 1.29 is 0 Å². The quantitative estimate of drug-likeness (QED) is 0.741. The number of tetrazole rings is 1. The van der Waals surface area contributed by atoms with Crippen molar-refractivity contribution in [2.24, 2.45) is 0 Å². The number of nitrogens with zero attached hydrogens (tertiary/aromatic N) is 6. The predicted molar refractivity (Wildman–Crippen MR) is 88.4 cm³/mol. The second kappa shape index (κ2) is 5.95. The molecule has 0 spiro atoms. The zero-order chi connectivity index (χ0) is 15.6. The number of benzene rings is 1. The number of anilines is 1. The number of aromatic nitrogens is 5. The van der Waals surface area contributed by atoms with E-state index >= 15 is 0 Å². The maximum atomic E-state index is 4.58. The maximum Gasteiger partial charge on any atom is 0.200 e. The monoisotopic (exact) mass is 308 g/mol. The summed E-state index contributed by atoms with van der Waals surface area (Å²) < 4.78 is 1.51. The van der Waals surface area contributed by atoms with Gasteiger partial charge in [0, 0.05) is 18.5 Å². The molecule has 1 fully saturated rings. The van der Waals surface area contributed by atoms with Gasteiger partial charge in [0.15, 0.2) is 11.5 Å². The molecule has 1 saturated heterocycles. The summed E-state index contributed by atoms with van der Waals surface area (Å²) >= 11 is 0. The smallest absolute Gasteiger partial charge is 0.200 e. The molecular formula is C17H20N6. The van der Waals surface area contributed by atoms with Gasteiger partial charge >= 0.3 is 0 Å². The molecule has 0 radical (unpaired) electrons. The molecule has 118 valence electrons. The highest BCUT2D eigenvalue weighted by atomic mass is 15.6. The Labute approximate surface area is 135 Å². The molecule has 2 aromatic heterocycles. The van der Waals surface area contributed by atoms with Crippen LogP contribution in [-0.4, -0.2) is 37.8 Å². The minimum Gasteiger partial charge on any atom is -0.352 e. The molecule has 6 heteroatoms. The first kappa shape index (κ1) is 14.1. The van der Waals surface area contributed by atoms with Crippen LogP contribution in [0.15, 0.2) is 42.5 Å². The van der Waals surface area contributed by atoms with Gasteiger partial charge in [0.2, 0.25) is 0 Å². The third kappa shape index (κ3) is 2.54. The van der Waals surface area contributed by atoms with Crippen LogP contribution in [-0.2, 0) is 0 Å². The summed E-state index contributed by atoms with van der Waals surface area (Å²) in [6.07, 6.45) is 3.52. The molecule has 2 atom stereocenters. The second-order valence-corrected chi connectivity index (χ2v) is 6.05. The van der Waals surface area contributed by atoms with Crippen LogP contribution in [0.3, 0.4) is 0 Å². The summed E-state index contributed by atoms with van der Waals surface area (Å²) in [7, 11) is 0. The average molecular weight is 308 g/mol. The maximum absolute atomic E-state index is 4.58. The van der Waals surface area contributed by atoms with Crippen LogP contribution in [0.25, 0.3) is 5.65 Å². The Morgan fingerprint density at radius 3 is 2.87 bits per heavy atom. The Morgan fingerprint density at radius 1 is 1.17 bits per heavy atom. The van der Waals surface area contributed by atoms with E-state index in [0.29, 0.717) is 17.6 Å². The first-order valence-corrected chi connectivity index (χ1v) is 8.24. The van der Waals surface area contributed by atoms with E-state index in [2.05, 4.69) is 62.8 Å². The first-order valence-electron chi connectivity index (χ1n) is 8.24. The zero-order valence-electron chi connectivity index (χ0n) is 13.2. The van der Waals surface area contributed by atoms with E-state index < -0.39 is 0 Å². The highest BCUT2D eigenvalue weighted by Gasteiger charge is 2.32. The van der Waals surface area contributed by atoms with Gasteiger partial charge in [0.1, 0.15) is 0 Å². The van der Waals surface area contributed by atoms with Crippen LogP contribution in [0.2, 0.25) is 0 Å². The van der Waals surface area contributed by atoms with Crippen LogP contribution < -0.4 is 4.90 Å². The molecule has 3 heterocycles. The lowest BCUT2D eigenvalue weighted by molar-refractivity contribution is 0.511. The highest BCUT2D eigenvalue weighted by Crippen LogP contribution is 2.35. The van der Waals surface area contributed by atoms with E-state index in [1.807, 2.05) is 12.1 Å². The van der Waals surface area contributed by atoms with E-state index in [4.69, 9.17) is 0 Å². The second-order valence-electron chi connectivity index (χ2n) is 6.05. The van der Waals surface area contributed by atoms with Crippen molar-refractivity contribution in [3.8, 4) is 0 Å². The first-order chi connectivity index (χ1) is 11.4. The van der Waals surface area contributed by atoms with Gasteiger partial charge in [-0.3, -0.25) is 0 Å². The fourth-order valence-corrected chi connectivity index (χ4v) is 3.72. The Bertz CT molecular complexity index is 784. The normalized spacial score (nSPS) is 19.3. The molecule has 3 aromatic rings. The van der Waals surface area contributed by atoms with Crippen molar-refractivity contribution in [2.45, 2.75) is 38.1 Å². The van der Waals surface area contributed by atoms with E-state index in [9.17, 15) is 0 Å². The molecule has 0 amide bonds. The van der Waals surface area contributed by atoms with Gasteiger partial charge in [-0.05, 0) is 47.4 Å². The third-order valence-electron chi connectivity index (χ3n) is 4.78. The summed E-state index contributed by atoms with van der Waals surface area (Å²) in [5, 5.41) is 16.1. The minimum atomic E-state index is 0.476. The SMILES string of the molecule is CC[C@@H](c1ccccc1)[C@@H]1CCCN1c1ccc2nnnn2n1. The van der Waals surface area contributed by atoms with Crippen LogP contribution >= 0.6 is 0 Å². The summed E-state index contributed by atoms with van der Waals surface area (Å²) in [4.78, 5) is 2.42. The van der Waals surface area contributed by atoms with E-state index in [1.165, 1.54) is 23.0 Å². The number of hydrogen-bond donors (Lipinski definition) is 0. The van der Waals surface area contributed by atoms with Crippen molar-refractivity contribution in [3.05, 3.63) is 48.0 Å². The zero-order valence-corrected chi connectivity index (χ0v) is 13.2. The lowest BCUT2D eigenvalue weighted by Gasteiger charge is -2.32. The van der Waals surface area contributed by atoms with Crippen LogP contribution in [0, 0.1) is 0 Å². The summed E-state index contributed by atoms with van der Waals surface area (Å²) in [5.74, 6) is 1.48. The molecule has 0 N–H and O–H groups in total. The van der Waals surface area contributed by atoms with Crippen molar-refractivity contribution in [1.82, 2.24) is 25.3 Å². The van der Waals surface area contributed by atoms with Gasteiger partial charge in [0.05, 0.1) is 0 Å². The summed E-state index contributed by atoms with van der Waals surface area (Å²) in [6.45, 7) is 3.31. The molecule has 6 nitrogen and oxygen atoms in total. The van der Waals surface area contributed by atoms with Gasteiger partial charge in [-0.15, -0.1) is 14.8 Å². The summed E-state index contributed by atoms with van der Waals surface area (Å²) in [6, 6.07) is 15.2. The highest BCUT2D eigenvalue weighted by molar-refractivity contribution is 5.47. The van der Waals surface area contributed by atoms with E-state index in [0.717, 1.165) is 18.8 Å². The Hall–Kier alpha value is -2.50. The fraction of sp³-hybridized carbons (Fsp3) is 0.412. The molecule has 0 saturated carbocycles. The van der Waals surface area contributed by atoms with Crippen molar-refractivity contribution in [2.75, 3.05) is 11.4 Å². The number of hydrogen-bond acceptors (Lipinski definition) is 5. The van der Waals surface area contributed by atoms with Gasteiger partial charge in [-0.25, -0.2) is 0 Å². The lowest BCUT2D eigenvalue weighted by atomic mass is 9.87. The van der Waals surface area contributed by atoms with Gasteiger partial charge < -0.3 is 4.90 Å². The topological polar surface area (TPSA) is 59.2 Å². The Balaban J connectivity index is 1.67. The average Bonchev–Trinajstić information content (AvgIpc) is 3.25. The van der Waals surface area contributed by atoms with E-state index in [-0.39, 0.29) is 0 Å². The van der Waals surface area contributed by atoms with Crippen molar-refractivity contribution in [3.63, 3.8) is 0 Å². The molecule has 1 aromatic carbocycles. The van der Waals surface area contributed by atoms with Gasteiger partial charge in [0.25, 0.3) is 0 Å². The molecule has 0 aliphatic carbocycles. The van der Waals surface area contributed by atoms with Crippen molar-refractivity contribution in [1.29, 1.82) is 0 Å². The Kier molecular flexibility index (Phi) is 3.65. The third-order valence-corrected chi connectivity index (χ3v) is 4.78. The Morgan fingerprint density at radius 2 is 2.04 bits per heavy atom. The molecule has 23 heavy (non-hydrogen) atoms. The standard InChI is InChI=1S/C17H20N6/c1-2-14(13-7-4-3-5-8-13)15-9-6-12-22(15)17-11-10-16-18-20-21-23(16)19-17/h3-5,7-8,10-11,14-15H,2,6,9,12H2,1H3/t14-,15-/m0/s1. The molecule has 0 unspecified atom stereocenters. The number of rotatable bonds is 4. The lowest BCUT2D eigenvalue weighted by Crippen LogP contribution is -2.35. The molecular weight excluding hydrogens is 288 g/mol.